The molecule has 0 atom stereocenters. The van der Waals surface area contributed by atoms with Gasteiger partial charge in [-0.1, -0.05) is 6.07 Å². The van der Waals surface area contributed by atoms with E-state index in [0.29, 0.717) is 18.7 Å². The summed E-state index contributed by atoms with van der Waals surface area (Å²) in [7, 11) is 0. The van der Waals surface area contributed by atoms with E-state index < -0.39 is 5.82 Å². The van der Waals surface area contributed by atoms with Gasteiger partial charge in [-0.2, -0.15) is 10.4 Å². The summed E-state index contributed by atoms with van der Waals surface area (Å²) in [5, 5.41) is 17.6. The van der Waals surface area contributed by atoms with E-state index in [-0.39, 0.29) is 5.91 Å². The number of aryl methyl sites for hydroxylation is 2. The van der Waals surface area contributed by atoms with Crippen molar-refractivity contribution in [2.75, 3.05) is 62.2 Å². The quantitative estimate of drug-likeness (QED) is 0.518. The summed E-state index contributed by atoms with van der Waals surface area (Å²) in [6, 6.07) is 14.5. The first kappa shape index (κ1) is 25.6. The van der Waals surface area contributed by atoms with E-state index in [2.05, 4.69) is 50.0 Å². The van der Waals surface area contributed by atoms with E-state index in [1.54, 1.807) is 12.3 Å². The van der Waals surface area contributed by atoms with E-state index in [1.807, 2.05) is 24.0 Å². The average molecular weight is 514 g/mol. The Hall–Kier alpha value is -4.03. The number of benzene rings is 2. The summed E-state index contributed by atoms with van der Waals surface area (Å²) in [5.41, 5.74) is 5.25. The van der Waals surface area contributed by atoms with Crippen molar-refractivity contribution < 1.29 is 9.18 Å². The van der Waals surface area contributed by atoms with Gasteiger partial charge in [0.1, 0.15) is 11.9 Å². The van der Waals surface area contributed by atoms with E-state index in [9.17, 15) is 14.4 Å². The van der Waals surface area contributed by atoms with Crippen molar-refractivity contribution in [1.82, 2.24) is 20.0 Å². The first-order chi connectivity index (χ1) is 18.4. The van der Waals surface area contributed by atoms with Crippen molar-refractivity contribution in [2.24, 2.45) is 0 Å². The Labute approximate surface area is 222 Å². The van der Waals surface area contributed by atoms with Gasteiger partial charge in [-0.05, 0) is 66.9 Å². The fourth-order valence-corrected chi connectivity index (χ4v) is 5.33. The van der Waals surface area contributed by atoms with Crippen LogP contribution >= 0.6 is 0 Å². The predicted molar refractivity (Wildman–Crippen MR) is 145 cm³/mol. The molecule has 8 nitrogen and oxygen atoms in total. The summed E-state index contributed by atoms with van der Waals surface area (Å²) in [6.07, 6.45) is 1.66. The Balaban J connectivity index is 1.22. The zero-order valence-corrected chi connectivity index (χ0v) is 21.9. The van der Waals surface area contributed by atoms with Crippen LogP contribution in [-0.4, -0.2) is 78.3 Å². The molecule has 0 unspecified atom stereocenters. The zero-order chi connectivity index (χ0) is 26.6. The third-order valence-electron chi connectivity index (χ3n) is 7.55. The number of piperazine rings is 2. The van der Waals surface area contributed by atoms with Gasteiger partial charge in [0.05, 0.1) is 11.3 Å². The molecule has 1 amide bonds. The highest BCUT2D eigenvalue weighted by Gasteiger charge is 2.25. The van der Waals surface area contributed by atoms with Gasteiger partial charge < -0.3 is 14.7 Å². The minimum absolute atomic E-state index is 0.0766. The van der Waals surface area contributed by atoms with Crippen LogP contribution in [0.15, 0.2) is 48.7 Å². The average Bonchev–Trinajstić information content (AvgIpc) is 2.95. The molecule has 38 heavy (non-hydrogen) atoms. The molecule has 9 heteroatoms. The Kier molecular flexibility index (Phi) is 7.52. The van der Waals surface area contributed by atoms with Crippen LogP contribution in [0.3, 0.4) is 0 Å². The highest BCUT2D eigenvalue weighted by atomic mass is 19.1. The second-order valence-corrected chi connectivity index (χ2v) is 9.99. The van der Waals surface area contributed by atoms with Crippen molar-refractivity contribution in [3.8, 4) is 6.07 Å². The molecule has 0 saturated carbocycles. The molecule has 3 heterocycles. The SMILES string of the molecule is Cc1cc(C)c(C(=O)N2CCN(c3cccnn3)CC2)cc1CN1CCN(c2ccc(F)cc2C#N)CC1. The molecule has 2 aliphatic heterocycles. The van der Waals surface area contributed by atoms with Crippen LogP contribution in [0.5, 0.6) is 0 Å². The van der Waals surface area contributed by atoms with Crippen molar-refractivity contribution in [3.05, 3.63) is 82.3 Å². The van der Waals surface area contributed by atoms with Crippen LogP contribution in [0.4, 0.5) is 15.9 Å². The summed E-state index contributed by atoms with van der Waals surface area (Å²) in [4.78, 5) is 22.1. The fourth-order valence-electron chi connectivity index (χ4n) is 5.33. The molecule has 2 fully saturated rings. The van der Waals surface area contributed by atoms with Crippen LogP contribution in [-0.2, 0) is 6.54 Å². The maximum Gasteiger partial charge on any atom is 0.254 e. The van der Waals surface area contributed by atoms with E-state index in [0.717, 1.165) is 74.0 Å². The second kappa shape index (κ2) is 11.2. The molecule has 2 saturated heterocycles. The fraction of sp³-hybridized carbons (Fsp3) is 0.379. The smallest absolute Gasteiger partial charge is 0.254 e. The van der Waals surface area contributed by atoms with Crippen molar-refractivity contribution >= 4 is 17.4 Å². The Morgan fingerprint density at radius 1 is 0.947 bits per heavy atom. The van der Waals surface area contributed by atoms with Crippen molar-refractivity contribution in [1.29, 1.82) is 5.26 Å². The summed E-state index contributed by atoms with van der Waals surface area (Å²) in [6.45, 7) is 10.8. The lowest BCUT2D eigenvalue weighted by molar-refractivity contribution is 0.0745. The van der Waals surface area contributed by atoms with E-state index >= 15 is 0 Å². The van der Waals surface area contributed by atoms with E-state index in [1.165, 1.54) is 17.7 Å². The highest BCUT2D eigenvalue weighted by Crippen LogP contribution is 2.25. The zero-order valence-electron chi connectivity index (χ0n) is 21.9. The van der Waals surface area contributed by atoms with Crippen LogP contribution < -0.4 is 9.80 Å². The minimum Gasteiger partial charge on any atom is -0.368 e. The molecule has 1 aromatic heterocycles. The lowest BCUT2D eigenvalue weighted by Gasteiger charge is -2.37. The Bertz CT molecular complexity index is 1340. The Morgan fingerprint density at radius 2 is 1.68 bits per heavy atom. The third-order valence-corrected chi connectivity index (χ3v) is 7.55. The topological polar surface area (TPSA) is 79.6 Å². The van der Waals surface area contributed by atoms with Crippen LogP contribution in [0.25, 0.3) is 0 Å². The van der Waals surface area contributed by atoms with Crippen molar-refractivity contribution in [2.45, 2.75) is 20.4 Å². The number of hydrogen-bond acceptors (Lipinski definition) is 7. The van der Waals surface area contributed by atoms with Crippen molar-refractivity contribution in [3.63, 3.8) is 0 Å². The second-order valence-electron chi connectivity index (χ2n) is 9.99. The Morgan fingerprint density at radius 3 is 2.37 bits per heavy atom. The monoisotopic (exact) mass is 513 g/mol. The largest absolute Gasteiger partial charge is 0.368 e. The molecule has 0 spiro atoms. The summed E-state index contributed by atoms with van der Waals surface area (Å²) < 4.78 is 13.6. The van der Waals surface area contributed by atoms with Gasteiger partial charge in [0, 0.05) is 70.7 Å². The summed E-state index contributed by atoms with van der Waals surface area (Å²) >= 11 is 0. The third kappa shape index (κ3) is 5.46. The molecule has 5 rings (SSSR count). The first-order valence-corrected chi connectivity index (χ1v) is 13.0. The summed E-state index contributed by atoms with van der Waals surface area (Å²) in [5.74, 6) is 0.529. The number of carbonyl (C=O) groups is 1. The van der Waals surface area contributed by atoms with Gasteiger partial charge in [0.2, 0.25) is 0 Å². The number of aromatic nitrogens is 2. The number of nitriles is 1. The number of carbonyl (C=O) groups excluding carboxylic acids is 1. The first-order valence-electron chi connectivity index (χ1n) is 13.0. The standard InChI is InChI=1S/C29H32FN7O/c1-21-16-22(2)26(29(38)37-14-12-36(13-15-37)28-4-3-7-32-33-28)18-24(21)20-34-8-10-35(11-9-34)27-6-5-25(30)17-23(27)19-31/h3-7,16-18H,8-15,20H2,1-2H3. The van der Waals surface area contributed by atoms with Gasteiger partial charge in [-0.3, -0.25) is 9.69 Å². The van der Waals surface area contributed by atoms with Crippen LogP contribution in [0, 0.1) is 31.0 Å². The van der Waals surface area contributed by atoms with Gasteiger partial charge in [-0.25, -0.2) is 4.39 Å². The molecule has 3 aromatic rings. The number of anilines is 2. The molecule has 0 radical (unpaired) electrons. The van der Waals surface area contributed by atoms with Crippen LogP contribution in [0.2, 0.25) is 0 Å². The maximum absolute atomic E-state index is 13.6. The maximum atomic E-state index is 13.6. The van der Waals surface area contributed by atoms with Crippen LogP contribution in [0.1, 0.15) is 32.6 Å². The van der Waals surface area contributed by atoms with Gasteiger partial charge in [0.15, 0.2) is 5.82 Å². The van der Waals surface area contributed by atoms with Gasteiger partial charge in [-0.15, -0.1) is 5.10 Å². The van der Waals surface area contributed by atoms with E-state index in [4.69, 9.17) is 0 Å². The molecule has 0 N–H and O–H groups in total. The molecule has 2 aromatic carbocycles. The highest BCUT2D eigenvalue weighted by molar-refractivity contribution is 5.96. The molecule has 0 bridgehead atoms. The molecule has 0 aliphatic carbocycles. The molecular weight excluding hydrogens is 481 g/mol. The molecular formula is C29H32FN7O. The normalized spacial score (nSPS) is 16.4. The molecule has 2 aliphatic rings. The number of amides is 1. The number of nitrogens with zero attached hydrogens (tertiary/aromatic N) is 7. The number of hydrogen-bond donors (Lipinski definition) is 0. The van der Waals surface area contributed by atoms with Gasteiger partial charge in [0.25, 0.3) is 5.91 Å². The molecule has 196 valence electrons. The lowest BCUT2D eigenvalue weighted by atomic mass is 9.98. The predicted octanol–water partition coefficient (Wildman–Crippen LogP) is 3.39. The lowest BCUT2D eigenvalue weighted by Crippen LogP contribution is -2.49. The number of halogens is 1. The minimum atomic E-state index is -0.392. The number of rotatable bonds is 5. The van der Waals surface area contributed by atoms with Gasteiger partial charge >= 0.3 is 0 Å².